The molecule has 3 aromatic rings. The topological polar surface area (TPSA) is 138 Å². The summed E-state index contributed by atoms with van der Waals surface area (Å²) in [5, 5.41) is 1.80. The lowest BCUT2D eigenvalue weighted by Crippen LogP contribution is -2.55. The van der Waals surface area contributed by atoms with Gasteiger partial charge in [0.25, 0.3) is 33.7 Å². The van der Waals surface area contributed by atoms with E-state index in [0.717, 1.165) is 0 Å². The highest BCUT2D eigenvalue weighted by Gasteiger charge is 2.73. The van der Waals surface area contributed by atoms with Crippen LogP contribution in [0.25, 0.3) is 0 Å². The first-order valence-electron chi connectivity index (χ1n) is 14.1. The van der Waals surface area contributed by atoms with E-state index in [-0.39, 0.29) is 22.4 Å². The molecule has 48 heavy (non-hydrogen) atoms. The average molecular weight is 697 g/mol. The van der Waals surface area contributed by atoms with Gasteiger partial charge in [-0.1, -0.05) is 32.9 Å². The Morgan fingerprint density at radius 1 is 0.667 bits per heavy atom. The predicted octanol–water partition coefficient (Wildman–Crippen LogP) is 6.25. The summed E-state index contributed by atoms with van der Waals surface area (Å²) in [7, 11) is -4.97. The van der Waals surface area contributed by atoms with Crippen molar-refractivity contribution in [3.8, 4) is 0 Å². The van der Waals surface area contributed by atoms with Crippen molar-refractivity contribution >= 4 is 39.4 Å². The number of alkyl halides is 6. The SMILES string of the molecule is Cc1c(N2C(=O)c3ccc(C(c4ccc5c(c4)C(=O)NC5=O)(C(F)(F)F)C(F)(F)F)cc3C2=O)c(C)c(S(=O)(=O)O)c(C)c1C(C)(C)C. The minimum atomic E-state index is -6.14. The Bertz CT molecular complexity index is 2100. The number of hydrogen-bond acceptors (Lipinski definition) is 6. The summed E-state index contributed by atoms with van der Waals surface area (Å²) in [6.45, 7) is 9.15. The van der Waals surface area contributed by atoms with Gasteiger partial charge in [0.15, 0.2) is 0 Å². The highest BCUT2D eigenvalue weighted by Crippen LogP contribution is 2.57. The number of carbonyl (C=O) groups is 4. The molecule has 9 nitrogen and oxygen atoms in total. The Hall–Kier alpha value is -4.57. The van der Waals surface area contributed by atoms with Gasteiger partial charge in [0.2, 0.25) is 5.41 Å². The van der Waals surface area contributed by atoms with Crippen molar-refractivity contribution in [2.45, 2.75) is 69.6 Å². The van der Waals surface area contributed by atoms with Crippen LogP contribution in [-0.4, -0.2) is 49.0 Å². The van der Waals surface area contributed by atoms with Crippen molar-refractivity contribution < 1.29 is 58.5 Å². The Morgan fingerprint density at radius 2 is 1.12 bits per heavy atom. The molecule has 2 N–H and O–H groups in total. The zero-order valence-corrected chi connectivity index (χ0v) is 26.8. The molecular weight excluding hydrogens is 670 g/mol. The van der Waals surface area contributed by atoms with Crippen molar-refractivity contribution in [3.05, 3.63) is 92.0 Å². The maximum atomic E-state index is 15.0. The first kappa shape index (κ1) is 34.8. The van der Waals surface area contributed by atoms with Crippen molar-refractivity contribution in [1.82, 2.24) is 5.32 Å². The van der Waals surface area contributed by atoms with E-state index in [0.29, 0.717) is 46.9 Å². The quantitative estimate of drug-likeness (QED) is 0.187. The lowest BCUT2D eigenvalue weighted by molar-refractivity contribution is -0.288. The lowest BCUT2D eigenvalue weighted by atomic mass is 9.71. The molecule has 2 aliphatic rings. The largest absolute Gasteiger partial charge is 0.411 e. The second-order valence-electron chi connectivity index (χ2n) is 12.6. The van der Waals surface area contributed by atoms with E-state index in [2.05, 4.69) is 0 Å². The number of carbonyl (C=O) groups excluding carboxylic acids is 4. The van der Waals surface area contributed by atoms with Crippen LogP contribution in [0.2, 0.25) is 0 Å². The van der Waals surface area contributed by atoms with Gasteiger partial charge in [-0.3, -0.25) is 29.0 Å². The molecule has 0 aliphatic carbocycles. The molecule has 0 atom stereocenters. The first-order valence-corrected chi connectivity index (χ1v) is 15.5. The molecule has 4 amide bonds. The normalized spacial score (nSPS) is 15.6. The minimum absolute atomic E-state index is 0.118. The van der Waals surface area contributed by atoms with Crippen LogP contribution in [0, 0.1) is 20.8 Å². The highest BCUT2D eigenvalue weighted by molar-refractivity contribution is 7.86. The molecule has 5 rings (SSSR count). The van der Waals surface area contributed by atoms with Crippen LogP contribution >= 0.6 is 0 Å². The number of halogens is 6. The maximum Gasteiger partial charge on any atom is 0.411 e. The summed E-state index contributed by atoms with van der Waals surface area (Å²) in [5.74, 6) is -4.72. The Labute approximate surface area is 269 Å². The van der Waals surface area contributed by atoms with Crippen LogP contribution in [0.15, 0.2) is 41.3 Å². The molecule has 0 bridgehead atoms. The number of fused-ring (bicyclic) bond motifs is 2. The smallest absolute Gasteiger partial charge is 0.288 e. The van der Waals surface area contributed by atoms with Gasteiger partial charge in [-0.05, 0) is 83.8 Å². The first-order chi connectivity index (χ1) is 21.8. The molecule has 0 saturated heterocycles. The minimum Gasteiger partial charge on any atom is -0.288 e. The monoisotopic (exact) mass is 696 g/mol. The third-order valence-corrected chi connectivity index (χ3v) is 9.84. The Kier molecular flexibility index (Phi) is 7.58. The molecule has 0 radical (unpaired) electrons. The van der Waals surface area contributed by atoms with E-state index < -0.39 is 95.2 Å². The predicted molar refractivity (Wildman–Crippen MR) is 158 cm³/mol. The van der Waals surface area contributed by atoms with E-state index in [1.807, 2.05) is 0 Å². The standard InChI is InChI=1S/C32H26F6N2O7S/c1-13-22(29(4,5)6)14(2)24(48(45,46)47)15(3)23(13)40-27(43)19-10-8-17(12-21(19)28(40)44)30(31(33,34)35,32(36,37)38)16-7-9-18-20(11-16)26(42)39-25(18)41/h7-12H,1-6H3,(H,39,41,42)(H,45,46,47). The van der Waals surface area contributed by atoms with Crippen molar-refractivity contribution in [2.24, 2.45) is 0 Å². The number of nitrogens with zero attached hydrogens (tertiary/aromatic N) is 1. The van der Waals surface area contributed by atoms with Gasteiger partial charge in [-0.2, -0.15) is 34.8 Å². The summed E-state index contributed by atoms with van der Waals surface area (Å²) < 4.78 is 125. The van der Waals surface area contributed by atoms with Gasteiger partial charge < -0.3 is 0 Å². The van der Waals surface area contributed by atoms with Gasteiger partial charge in [0, 0.05) is 0 Å². The van der Waals surface area contributed by atoms with Crippen LogP contribution in [0.1, 0.15) is 95.6 Å². The highest BCUT2D eigenvalue weighted by atomic mass is 32.2. The number of rotatable bonds is 4. The van der Waals surface area contributed by atoms with Gasteiger partial charge in [-0.25, -0.2) is 4.90 Å². The number of nitrogens with one attached hydrogen (secondary N) is 1. The molecule has 16 heteroatoms. The molecule has 0 unspecified atom stereocenters. The van der Waals surface area contributed by atoms with Crippen LogP contribution in [0.5, 0.6) is 0 Å². The summed E-state index contributed by atoms with van der Waals surface area (Å²) in [5.41, 5.74) is -11.1. The number of benzene rings is 3. The van der Waals surface area contributed by atoms with Gasteiger partial charge in [0.1, 0.15) is 4.90 Å². The molecule has 3 aromatic carbocycles. The van der Waals surface area contributed by atoms with Gasteiger partial charge in [0.05, 0.1) is 27.9 Å². The third-order valence-electron chi connectivity index (χ3n) is 8.71. The fourth-order valence-electron chi connectivity index (χ4n) is 7.09. The fourth-order valence-corrected chi connectivity index (χ4v) is 8.06. The number of anilines is 1. The Morgan fingerprint density at radius 3 is 1.60 bits per heavy atom. The zero-order chi connectivity index (χ0) is 36.3. The van der Waals surface area contributed by atoms with Crippen LogP contribution in [0.3, 0.4) is 0 Å². The van der Waals surface area contributed by atoms with E-state index in [1.165, 1.54) is 20.8 Å². The van der Waals surface area contributed by atoms with Crippen molar-refractivity contribution in [2.75, 3.05) is 4.90 Å². The van der Waals surface area contributed by atoms with E-state index in [4.69, 9.17) is 0 Å². The van der Waals surface area contributed by atoms with E-state index >= 15 is 0 Å². The molecule has 0 saturated carbocycles. The summed E-state index contributed by atoms with van der Waals surface area (Å²) in [4.78, 5) is 51.6. The average Bonchev–Trinajstić information content (AvgIpc) is 3.32. The molecule has 2 heterocycles. The number of hydrogen-bond donors (Lipinski definition) is 2. The molecule has 0 aromatic heterocycles. The van der Waals surface area contributed by atoms with E-state index in [9.17, 15) is 58.5 Å². The molecular formula is C32H26F6N2O7S. The van der Waals surface area contributed by atoms with Gasteiger partial charge >= 0.3 is 12.4 Å². The molecule has 2 aliphatic heterocycles. The van der Waals surface area contributed by atoms with Crippen molar-refractivity contribution in [3.63, 3.8) is 0 Å². The zero-order valence-electron chi connectivity index (χ0n) is 26.0. The number of imide groups is 2. The summed E-state index contributed by atoms with van der Waals surface area (Å²) in [6, 6.07) is 2.70. The van der Waals surface area contributed by atoms with Crippen molar-refractivity contribution in [1.29, 1.82) is 0 Å². The molecule has 254 valence electrons. The second-order valence-corrected chi connectivity index (χ2v) is 14.0. The second kappa shape index (κ2) is 10.5. The fraction of sp³-hybridized carbons (Fsp3) is 0.312. The summed E-state index contributed by atoms with van der Waals surface area (Å²) in [6.07, 6.45) is -12.3. The van der Waals surface area contributed by atoms with Crippen LogP contribution in [0.4, 0.5) is 32.0 Å². The molecule has 0 spiro atoms. The lowest BCUT2D eigenvalue weighted by Gasteiger charge is -2.38. The summed E-state index contributed by atoms with van der Waals surface area (Å²) >= 11 is 0. The van der Waals surface area contributed by atoms with Crippen LogP contribution < -0.4 is 10.2 Å². The van der Waals surface area contributed by atoms with Crippen LogP contribution in [-0.2, 0) is 20.9 Å². The Balaban J connectivity index is 1.79. The number of amides is 4. The van der Waals surface area contributed by atoms with Gasteiger partial charge in [-0.15, -0.1) is 0 Å². The maximum absolute atomic E-state index is 15.0. The molecule has 0 fully saturated rings. The third kappa shape index (κ3) is 4.75. The van der Waals surface area contributed by atoms with E-state index in [1.54, 1.807) is 26.1 Å².